The first-order valence-corrected chi connectivity index (χ1v) is 4.88. The predicted octanol–water partition coefficient (Wildman–Crippen LogP) is 1.67. The zero-order valence-corrected chi connectivity index (χ0v) is 7.22. The van der Waals surface area contributed by atoms with Crippen LogP contribution in [-0.4, -0.2) is 14.6 Å². The average Bonchev–Trinajstić information content (AvgIpc) is 2.47. The van der Waals surface area contributed by atoms with E-state index in [4.69, 9.17) is 0 Å². The molecule has 0 aliphatic carbocycles. The summed E-state index contributed by atoms with van der Waals surface area (Å²) >= 11 is 4.08. The molecule has 0 amide bonds. The van der Waals surface area contributed by atoms with Gasteiger partial charge in [0.1, 0.15) is 0 Å². The fourth-order valence-corrected chi connectivity index (χ4v) is 1.58. The Morgan fingerprint density at radius 3 is 3.27 bits per heavy atom. The number of nitrogens with zero attached hydrogens (tertiary/aromatic N) is 3. The third-order valence-corrected chi connectivity index (χ3v) is 2.42. The highest BCUT2D eigenvalue weighted by atomic mass is 33.1. The molecule has 2 rings (SSSR count). The largest absolute Gasteiger partial charge is 0.236 e. The van der Waals surface area contributed by atoms with E-state index >= 15 is 0 Å². The highest BCUT2D eigenvalue weighted by molar-refractivity contribution is 8.68. The highest BCUT2D eigenvalue weighted by Gasteiger charge is 2.01. The van der Waals surface area contributed by atoms with Crippen LogP contribution in [0.1, 0.15) is 0 Å². The summed E-state index contributed by atoms with van der Waals surface area (Å²) in [5.41, 5.74) is 0.854. The summed E-state index contributed by atoms with van der Waals surface area (Å²) < 4.78 is 1.72. The summed E-state index contributed by atoms with van der Waals surface area (Å²) in [6.45, 7) is 0. The number of hydrogen-bond acceptors (Lipinski definition) is 4. The molecular weight excluding hydrogens is 178 g/mol. The van der Waals surface area contributed by atoms with Crippen molar-refractivity contribution in [3.8, 4) is 0 Å². The third kappa shape index (κ3) is 1.10. The Hall–Kier alpha value is -0.680. The number of thiol groups is 1. The van der Waals surface area contributed by atoms with Gasteiger partial charge in [-0.25, -0.2) is 9.50 Å². The van der Waals surface area contributed by atoms with Gasteiger partial charge in [0.25, 0.3) is 0 Å². The van der Waals surface area contributed by atoms with Crippen LogP contribution in [0.15, 0.2) is 29.6 Å². The predicted molar refractivity (Wildman–Crippen MR) is 47.8 cm³/mol. The van der Waals surface area contributed by atoms with Crippen molar-refractivity contribution < 1.29 is 0 Å². The lowest BCUT2D eigenvalue weighted by Gasteiger charge is -1.90. The van der Waals surface area contributed by atoms with Gasteiger partial charge in [0, 0.05) is 12.4 Å². The molecule has 11 heavy (non-hydrogen) atoms. The second-order valence-corrected chi connectivity index (χ2v) is 3.16. The van der Waals surface area contributed by atoms with Crippen molar-refractivity contribution in [2.24, 2.45) is 0 Å². The Morgan fingerprint density at radius 1 is 1.55 bits per heavy atom. The fourth-order valence-electron chi connectivity index (χ4n) is 0.870. The van der Waals surface area contributed by atoms with Gasteiger partial charge in [-0.2, -0.15) is 5.10 Å². The van der Waals surface area contributed by atoms with E-state index in [1.165, 1.54) is 10.8 Å². The van der Waals surface area contributed by atoms with E-state index < -0.39 is 0 Å². The summed E-state index contributed by atoms with van der Waals surface area (Å²) in [4.78, 5) is 5.12. The number of hydrogen-bond donors (Lipinski definition) is 1. The van der Waals surface area contributed by atoms with Crippen LogP contribution >= 0.6 is 22.5 Å². The summed E-state index contributed by atoms with van der Waals surface area (Å²) in [5.74, 6) is 0. The van der Waals surface area contributed by atoms with E-state index in [1.807, 2.05) is 12.3 Å². The van der Waals surface area contributed by atoms with Gasteiger partial charge in [-0.3, -0.25) is 0 Å². The number of aromatic nitrogens is 3. The molecule has 0 atom stereocenters. The van der Waals surface area contributed by atoms with Crippen molar-refractivity contribution in [2.45, 2.75) is 4.90 Å². The number of rotatable bonds is 1. The summed E-state index contributed by atoms with van der Waals surface area (Å²) in [5, 5.41) is 4.07. The zero-order chi connectivity index (χ0) is 7.68. The maximum Gasteiger partial charge on any atom is 0.169 e. The van der Waals surface area contributed by atoms with Gasteiger partial charge in [0.2, 0.25) is 0 Å². The zero-order valence-electron chi connectivity index (χ0n) is 5.51. The van der Waals surface area contributed by atoms with Crippen LogP contribution in [0, 0.1) is 0 Å². The molecule has 0 unspecified atom stereocenters. The SMILES string of the molecule is SSc1cnn2cccnc12. The molecule has 0 radical (unpaired) electrons. The van der Waals surface area contributed by atoms with Gasteiger partial charge < -0.3 is 0 Å². The second-order valence-electron chi connectivity index (χ2n) is 1.99. The lowest BCUT2D eigenvalue weighted by atomic mass is 10.6. The summed E-state index contributed by atoms with van der Waals surface area (Å²) in [6.07, 6.45) is 5.35. The van der Waals surface area contributed by atoms with E-state index in [1.54, 1.807) is 16.9 Å². The van der Waals surface area contributed by atoms with Crippen molar-refractivity contribution >= 4 is 28.1 Å². The first-order chi connectivity index (χ1) is 5.42. The molecule has 3 nitrogen and oxygen atoms in total. The molecule has 2 aromatic heterocycles. The first-order valence-electron chi connectivity index (χ1n) is 3.01. The molecule has 0 bridgehead atoms. The van der Waals surface area contributed by atoms with Crippen LogP contribution < -0.4 is 0 Å². The van der Waals surface area contributed by atoms with Crippen molar-refractivity contribution in [3.05, 3.63) is 24.7 Å². The molecule has 0 aliphatic heterocycles. The van der Waals surface area contributed by atoms with E-state index in [9.17, 15) is 0 Å². The molecule has 0 saturated carbocycles. The molecule has 56 valence electrons. The topological polar surface area (TPSA) is 30.2 Å². The van der Waals surface area contributed by atoms with Crippen molar-refractivity contribution in [1.82, 2.24) is 14.6 Å². The minimum atomic E-state index is 0.854. The highest BCUT2D eigenvalue weighted by Crippen LogP contribution is 2.23. The minimum Gasteiger partial charge on any atom is -0.236 e. The van der Waals surface area contributed by atoms with Crippen LogP contribution in [0.25, 0.3) is 5.65 Å². The monoisotopic (exact) mass is 183 g/mol. The molecule has 0 fully saturated rings. The van der Waals surface area contributed by atoms with Crippen LogP contribution in [0.2, 0.25) is 0 Å². The minimum absolute atomic E-state index is 0.854. The van der Waals surface area contributed by atoms with Crippen LogP contribution in [0.4, 0.5) is 0 Å². The van der Waals surface area contributed by atoms with Crippen molar-refractivity contribution in [2.75, 3.05) is 0 Å². The Balaban J connectivity index is 2.76. The quantitative estimate of drug-likeness (QED) is 0.539. The molecule has 5 heteroatoms. The standard InChI is InChI=1S/C6H5N3S2/c10-11-5-4-8-9-3-1-2-7-6(5)9/h1-4,10H. The van der Waals surface area contributed by atoms with E-state index in [0.29, 0.717) is 0 Å². The van der Waals surface area contributed by atoms with E-state index in [-0.39, 0.29) is 0 Å². The maximum absolute atomic E-state index is 4.14. The third-order valence-electron chi connectivity index (χ3n) is 1.35. The Kier molecular flexibility index (Phi) is 1.75. The van der Waals surface area contributed by atoms with Crippen molar-refractivity contribution in [1.29, 1.82) is 0 Å². The van der Waals surface area contributed by atoms with Gasteiger partial charge in [0.05, 0.1) is 11.1 Å². The normalized spacial score (nSPS) is 10.6. The summed E-state index contributed by atoms with van der Waals surface area (Å²) in [7, 11) is 1.35. The molecule has 0 aromatic carbocycles. The fraction of sp³-hybridized carbons (Fsp3) is 0. The Labute approximate surface area is 72.6 Å². The van der Waals surface area contributed by atoms with E-state index in [0.717, 1.165) is 10.5 Å². The van der Waals surface area contributed by atoms with Gasteiger partial charge in [-0.05, 0) is 6.07 Å². The van der Waals surface area contributed by atoms with Gasteiger partial charge >= 0.3 is 0 Å². The smallest absolute Gasteiger partial charge is 0.169 e. The molecule has 0 aliphatic rings. The first kappa shape index (κ1) is 7.00. The Bertz CT molecular complexity index is 371. The Morgan fingerprint density at radius 2 is 2.45 bits per heavy atom. The van der Waals surface area contributed by atoms with Gasteiger partial charge in [0.15, 0.2) is 5.65 Å². The number of fused-ring (bicyclic) bond motifs is 1. The van der Waals surface area contributed by atoms with Crippen LogP contribution in [0.3, 0.4) is 0 Å². The lowest BCUT2D eigenvalue weighted by molar-refractivity contribution is 0.939. The summed E-state index contributed by atoms with van der Waals surface area (Å²) in [6, 6.07) is 1.84. The van der Waals surface area contributed by atoms with E-state index in [2.05, 4.69) is 21.7 Å². The molecule has 0 saturated heterocycles. The molecule has 0 spiro atoms. The van der Waals surface area contributed by atoms with Crippen molar-refractivity contribution in [3.63, 3.8) is 0 Å². The van der Waals surface area contributed by atoms with Crippen LogP contribution in [0.5, 0.6) is 0 Å². The average molecular weight is 183 g/mol. The van der Waals surface area contributed by atoms with Gasteiger partial charge in [-0.15, -0.1) is 11.7 Å². The lowest BCUT2D eigenvalue weighted by Crippen LogP contribution is -1.86. The molecule has 2 aromatic rings. The molecular formula is C6H5N3S2. The molecule has 0 N–H and O–H groups in total. The maximum atomic E-state index is 4.14. The van der Waals surface area contributed by atoms with Gasteiger partial charge in [-0.1, -0.05) is 10.8 Å². The van der Waals surface area contributed by atoms with Crippen LogP contribution in [-0.2, 0) is 0 Å². The second kappa shape index (κ2) is 2.75. The molecule has 2 heterocycles.